The topological polar surface area (TPSA) is 94.0 Å². The first kappa shape index (κ1) is 17.6. The fourth-order valence-electron chi connectivity index (χ4n) is 2.09. The predicted molar refractivity (Wildman–Crippen MR) is 94.8 cm³/mol. The number of rotatable bonds is 5. The third kappa shape index (κ3) is 4.06. The number of thiazole rings is 1. The van der Waals surface area contributed by atoms with Crippen molar-refractivity contribution in [2.75, 3.05) is 0 Å². The lowest BCUT2D eigenvalue weighted by molar-refractivity contribution is -0.118. The molecule has 0 aliphatic heterocycles. The molecule has 1 N–H and O–H groups in total. The minimum atomic E-state index is -3.94. The molecule has 0 unspecified atom stereocenters. The number of nitrogens with one attached hydrogen (secondary N) is 1. The summed E-state index contributed by atoms with van der Waals surface area (Å²) in [6.07, 6.45) is 2.34. The van der Waals surface area contributed by atoms with E-state index in [9.17, 15) is 13.2 Å². The Morgan fingerprint density at radius 2 is 2.12 bits per heavy atom. The lowest BCUT2D eigenvalue weighted by atomic mass is 10.2. The van der Waals surface area contributed by atoms with Crippen molar-refractivity contribution < 1.29 is 13.2 Å². The molecule has 7 nitrogen and oxygen atoms in total. The highest BCUT2D eigenvalue weighted by atomic mass is 35.5. The Morgan fingerprint density at radius 3 is 2.80 bits per heavy atom. The van der Waals surface area contributed by atoms with Crippen molar-refractivity contribution in [3.8, 4) is 10.6 Å². The summed E-state index contributed by atoms with van der Waals surface area (Å²) < 4.78 is 27.5. The molecule has 1 aromatic carbocycles. The first-order valence-corrected chi connectivity index (χ1v) is 9.83. The van der Waals surface area contributed by atoms with Gasteiger partial charge in [-0.05, 0) is 6.07 Å². The summed E-state index contributed by atoms with van der Waals surface area (Å²) in [5.74, 6) is -0.667. The summed E-state index contributed by atoms with van der Waals surface area (Å²) in [6.45, 7) is 0. The number of nitrogens with zero attached hydrogens (tertiary/aromatic N) is 3. The van der Waals surface area contributed by atoms with E-state index in [1.54, 1.807) is 18.5 Å². The maximum atomic E-state index is 12.1. The van der Waals surface area contributed by atoms with Crippen molar-refractivity contribution in [2.45, 2.75) is 11.3 Å². The number of amides is 1. The van der Waals surface area contributed by atoms with Crippen LogP contribution in [0.3, 0.4) is 0 Å². The van der Waals surface area contributed by atoms with Gasteiger partial charge < -0.3 is 0 Å². The zero-order chi connectivity index (χ0) is 18.0. The van der Waals surface area contributed by atoms with E-state index in [4.69, 9.17) is 11.6 Å². The maximum absolute atomic E-state index is 12.1. The lowest BCUT2D eigenvalue weighted by Gasteiger charge is -2.03. The van der Waals surface area contributed by atoms with E-state index in [2.05, 4.69) is 10.1 Å². The van der Waals surface area contributed by atoms with Gasteiger partial charge in [-0.1, -0.05) is 29.8 Å². The molecule has 0 fully saturated rings. The number of halogens is 1. The van der Waals surface area contributed by atoms with E-state index < -0.39 is 15.9 Å². The first-order chi connectivity index (χ1) is 11.8. The van der Waals surface area contributed by atoms with Crippen LogP contribution >= 0.6 is 22.9 Å². The largest absolute Gasteiger partial charge is 0.274 e. The van der Waals surface area contributed by atoms with Crippen LogP contribution in [-0.2, 0) is 28.3 Å². The Labute approximate surface area is 153 Å². The Hall–Kier alpha value is -2.23. The van der Waals surface area contributed by atoms with Crippen molar-refractivity contribution in [1.29, 1.82) is 0 Å². The Kier molecular flexibility index (Phi) is 4.89. The molecule has 0 aliphatic rings. The third-order valence-corrected chi connectivity index (χ3v) is 5.82. The maximum Gasteiger partial charge on any atom is 0.267 e. The van der Waals surface area contributed by atoms with Gasteiger partial charge in [-0.3, -0.25) is 9.48 Å². The van der Waals surface area contributed by atoms with Gasteiger partial charge in [0.2, 0.25) is 5.91 Å². The number of hydrogen-bond donors (Lipinski definition) is 1. The molecule has 1 amide bonds. The summed E-state index contributed by atoms with van der Waals surface area (Å²) in [5.41, 5.74) is 1.24. The number of sulfonamides is 1. The number of aryl methyl sites for hydroxylation is 1. The molecular weight excluding hydrogens is 384 g/mol. The van der Waals surface area contributed by atoms with Gasteiger partial charge in [0.15, 0.2) is 0 Å². The molecular formula is C15H13ClN4O3S2. The Bertz CT molecular complexity index is 1030. The second kappa shape index (κ2) is 6.95. The standard InChI is InChI=1S/C15H13ClN4O3S2/c1-20-8-11(7-17-20)25(22,23)19-14(21)6-10-9-24-15(18-10)12-4-2-3-5-13(12)16/h2-5,7-9H,6H2,1H3,(H,19,21). The highest BCUT2D eigenvalue weighted by molar-refractivity contribution is 7.90. The molecule has 2 heterocycles. The monoisotopic (exact) mass is 396 g/mol. The molecule has 3 aromatic rings. The quantitative estimate of drug-likeness (QED) is 0.713. The summed E-state index contributed by atoms with van der Waals surface area (Å²) >= 11 is 7.47. The lowest BCUT2D eigenvalue weighted by Crippen LogP contribution is -2.31. The molecule has 25 heavy (non-hydrogen) atoms. The SMILES string of the molecule is Cn1cc(S(=O)(=O)NC(=O)Cc2csc(-c3ccccc3Cl)n2)cn1. The number of hydrogen-bond acceptors (Lipinski definition) is 6. The van der Waals surface area contributed by atoms with Crippen LogP contribution in [0.4, 0.5) is 0 Å². The average Bonchev–Trinajstić information content (AvgIpc) is 3.16. The summed E-state index contributed by atoms with van der Waals surface area (Å²) in [4.78, 5) is 16.3. The highest BCUT2D eigenvalue weighted by Gasteiger charge is 2.20. The smallest absolute Gasteiger partial charge is 0.267 e. The third-order valence-electron chi connectivity index (χ3n) is 3.24. The Balaban J connectivity index is 1.71. The van der Waals surface area contributed by atoms with Crippen molar-refractivity contribution in [3.05, 3.63) is 52.8 Å². The second-order valence-corrected chi connectivity index (χ2v) is 8.13. The summed E-state index contributed by atoms with van der Waals surface area (Å²) in [5, 5.41) is 6.72. The van der Waals surface area contributed by atoms with Crippen LogP contribution in [0.2, 0.25) is 5.02 Å². The minimum Gasteiger partial charge on any atom is -0.274 e. The zero-order valence-corrected chi connectivity index (χ0v) is 15.4. The van der Waals surface area contributed by atoms with Crippen LogP contribution in [0.25, 0.3) is 10.6 Å². The van der Waals surface area contributed by atoms with Crippen LogP contribution in [0.15, 0.2) is 46.9 Å². The van der Waals surface area contributed by atoms with E-state index in [0.29, 0.717) is 15.7 Å². The fraction of sp³-hybridized carbons (Fsp3) is 0.133. The van der Waals surface area contributed by atoms with E-state index in [1.807, 2.05) is 22.9 Å². The average molecular weight is 397 g/mol. The van der Waals surface area contributed by atoms with Gasteiger partial charge in [-0.2, -0.15) is 5.10 Å². The fourth-order valence-corrected chi connectivity index (χ4v) is 4.20. The molecule has 0 radical (unpaired) electrons. The summed E-state index contributed by atoms with van der Waals surface area (Å²) in [6, 6.07) is 7.25. The van der Waals surface area contributed by atoms with Crippen molar-refractivity contribution in [2.24, 2.45) is 7.05 Å². The molecule has 0 atom stereocenters. The van der Waals surface area contributed by atoms with Gasteiger partial charge in [0, 0.05) is 24.2 Å². The second-order valence-electron chi connectivity index (χ2n) is 5.18. The van der Waals surface area contributed by atoms with Gasteiger partial charge in [-0.25, -0.2) is 18.1 Å². The van der Waals surface area contributed by atoms with Crippen LogP contribution in [0.1, 0.15) is 5.69 Å². The van der Waals surface area contributed by atoms with Crippen LogP contribution < -0.4 is 4.72 Å². The first-order valence-electron chi connectivity index (χ1n) is 7.09. The van der Waals surface area contributed by atoms with E-state index >= 15 is 0 Å². The zero-order valence-electron chi connectivity index (χ0n) is 13.0. The van der Waals surface area contributed by atoms with Gasteiger partial charge in [0.25, 0.3) is 10.0 Å². The van der Waals surface area contributed by atoms with Gasteiger partial charge in [-0.15, -0.1) is 11.3 Å². The predicted octanol–water partition coefficient (Wildman–Crippen LogP) is 2.24. The number of aromatic nitrogens is 3. The van der Waals surface area contributed by atoms with Gasteiger partial charge in [0.1, 0.15) is 9.90 Å². The van der Waals surface area contributed by atoms with Gasteiger partial charge in [0.05, 0.1) is 23.3 Å². The molecule has 0 spiro atoms. The van der Waals surface area contributed by atoms with Crippen LogP contribution in [0, 0.1) is 0 Å². The van der Waals surface area contributed by atoms with E-state index in [0.717, 1.165) is 5.56 Å². The van der Waals surface area contributed by atoms with Crippen molar-refractivity contribution >= 4 is 38.9 Å². The minimum absolute atomic E-state index is 0.0709. The molecule has 0 saturated carbocycles. The number of carbonyl (C=O) groups excluding carboxylic acids is 1. The molecule has 0 bridgehead atoms. The molecule has 2 aromatic heterocycles. The Morgan fingerprint density at radius 1 is 1.36 bits per heavy atom. The van der Waals surface area contributed by atoms with Crippen LogP contribution in [-0.4, -0.2) is 29.1 Å². The molecule has 0 saturated heterocycles. The van der Waals surface area contributed by atoms with Crippen molar-refractivity contribution in [1.82, 2.24) is 19.5 Å². The normalized spacial score (nSPS) is 11.4. The van der Waals surface area contributed by atoms with E-state index in [1.165, 1.54) is 28.4 Å². The highest BCUT2D eigenvalue weighted by Crippen LogP contribution is 2.30. The van der Waals surface area contributed by atoms with Gasteiger partial charge >= 0.3 is 0 Å². The molecule has 0 aliphatic carbocycles. The van der Waals surface area contributed by atoms with Crippen molar-refractivity contribution in [3.63, 3.8) is 0 Å². The van der Waals surface area contributed by atoms with E-state index in [-0.39, 0.29) is 11.3 Å². The molecule has 10 heteroatoms. The molecule has 3 rings (SSSR count). The summed E-state index contributed by atoms with van der Waals surface area (Å²) in [7, 11) is -2.35. The molecule has 130 valence electrons. The number of carbonyl (C=O) groups is 1. The number of benzene rings is 1. The van der Waals surface area contributed by atoms with Crippen LogP contribution in [0.5, 0.6) is 0 Å².